The van der Waals surface area contributed by atoms with Crippen molar-refractivity contribution in [1.29, 1.82) is 0 Å². The summed E-state index contributed by atoms with van der Waals surface area (Å²) in [5.41, 5.74) is 7.55. The Kier molecular flexibility index (Phi) is 7.71. The van der Waals surface area contributed by atoms with E-state index in [2.05, 4.69) is 63.8 Å². The molecule has 3 aromatic carbocycles. The first-order valence-electron chi connectivity index (χ1n) is 13.9. The van der Waals surface area contributed by atoms with Crippen molar-refractivity contribution in [3.63, 3.8) is 0 Å². The Hall–Kier alpha value is -3.87. The largest absolute Gasteiger partial charge is 0.367 e. The maximum absolute atomic E-state index is 13.0. The highest BCUT2D eigenvalue weighted by Gasteiger charge is 2.24. The van der Waals surface area contributed by atoms with Crippen LogP contribution in [0.5, 0.6) is 0 Å². The normalized spacial score (nSPS) is 16.9. The number of aromatic nitrogens is 1. The predicted molar refractivity (Wildman–Crippen MR) is 163 cm³/mol. The summed E-state index contributed by atoms with van der Waals surface area (Å²) in [4.78, 5) is 22.5. The zero-order chi connectivity index (χ0) is 27.5. The number of nitrogens with zero attached hydrogens (tertiary/aromatic N) is 3. The second-order valence-corrected chi connectivity index (χ2v) is 11.2. The highest BCUT2D eigenvalue weighted by Crippen LogP contribution is 2.33. The van der Waals surface area contributed by atoms with Gasteiger partial charge in [0.1, 0.15) is 5.82 Å². The number of hydrogen-bond acceptors (Lipinski definition) is 5. The second kappa shape index (κ2) is 11.7. The van der Waals surface area contributed by atoms with Crippen LogP contribution in [-0.2, 0) is 13.1 Å². The Morgan fingerprint density at radius 3 is 2.65 bits per heavy atom. The van der Waals surface area contributed by atoms with Gasteiger partial charge >= 0.3 is 0 Å². The molecule has 2 aliphatic heterocycles. The highest BCUT2D eigenvalue weighted by atomic mass is 35.5. The minimum Gasteiger partial charge on any atom is -0.367 e. The number of amides is 1. The van der Waals surface area contributed by atoms with Crippen molar-refractivity contribution in [2.24, 2.45) is 0 Å². The third-order valence-corrected chi connectivity index (χ3v) is 8.13. The lowest BCUT2D eigenvalue weighted by atomic mass is 10.0. The first kappa shape index (κ1) is 26.4. The van der Waals surface area contributed by atoms with Gasteiger partial charge in [0.15, 0.2) is 0 Å². The molecule has 204 valence electrons. The summed E-state index contributed by atoms with van der Waals surface area (Å²) in [5.74, 6) is 0.873. The average Bonchev–Trinajstić information content (AvgIpc) is 3.42. The van der Waals surface area contributed by atoms with Gasteiger partial charge in [-0.15, -0.1) is 0 Å². The molecule has 3 heterocycles. The van der Waals surface area contributed by atoms with Crippen LogP contribution in [0.25, 0.3) is 11.1 Å². The molecule has 1 fully saturated rings. The summed E-state index contributed by atoms with van der Waals surface area (Å²) < 4.78 is 0. The Morgan fingerprint density at radius 1 is 1.00 bits per heavy atom. The fourth-order valence-electron chi connectivity index (χ4n) is 5.62. The van der Waals surface area contributed by atoms with E-state index in [0.29, 0.717) is 5.56 Å². The van der Waals surface area contributed by atoms with Crippen LogP contribution in [0, 0.1) is 6.92 Å². The number of aryl methyl sites for hydroxylation is 1. The Labute approximate surface area is 241 Å². The molecule has 0 spiro atoms. The molecular formula is C33H34ClN5O. The van der Waals surface area contributed by atoms with Crippen LogP contribution in [0.4, 0.5) is 11.5 Å². The van der Waals surface area contributed by atoms with E-state index in [9.17, 15) is 4.79 Å². The van der Waals surface area contributed by atoms with Crippen LogP contribution >= 0.6 is 11.6 Å². The zero-order valence-electron chi connectivity index (χ0n) is 22.7. The molecule has 1 unspecified atom stereocenters. The summed E-state index contributed by atoms with van der Waals surface area (Å²) in [7, 11) is 0. The number of likely N-dealkylation sites (tertiary alicyclic amines) is 1. The summed E-state index contributed by atoms with van der Waals surface area (Å²) in [6.45, 7) is 7.40. The molecule has 6 rings (SSSR count). The van der Waals surface area contributed by atoms with Crippen molar-refractivity contribution in [2.75, 3.05) is 36.4 Å². The number of rotatable bonds is 7. The smallest absolute Gasteiger partial charge is 0.251 e. The first-order valence-corrected chi connectivity index (χ1v) is 14.3. The zero-order valence-corrected chi connectivity index (χ0v) is 23.5. The van der Waals surface area contributed by atoms with Crippen molar-refractivity contribution in [3.8, 4) is 11.1 Å². The van der Waals surface area contributed by atoms with Crippen LogP contribution < -0.4 is 15.5 Å². The Bertz CT molecular complexity index is 1490. The lowest BCUT2D eigenvalue weighted by Crippen LogP contribution is -2.36. The van der Waals surface area contributed by atoms with Gasteiger partial charge in [0, 0.05) is 67.7 Å². The summed E-state index contributed by atoms with van der Waals surface area (Å²) in [5, 5.41) is 7.41. The van der Waals surface area contributed by atoms with Gasteiger partial charge in [0.05, 0.1) is 5.69 Å². The van der Waals surface area contributed by atoms with E-state index in [0.717, 1.165) is 73.3 Å². The van der Waals surface area contributed by atoms with Crippen molar-refractivity contribution in [1.82, 2.24) is 15.2 Å². The second-order valence-electron chi connectivity index (χ2n) is 10.8. The highest BCUT2D eigenvalue weighted by molar-refractivity contribution is 6.30. The van der Waals surface area contributed by atoms with Crippen LogP contribution in [0.15, 0.2) is 85.1 Å². The monoisotopic (exact) mass is 551 g/mol. The van der Waals surface area contributed by atoms with Crippen molar-refractivity contribution >= 4 is 29.0 Å². The summed E-state index contributed by atoms with van der Waals surface area (Å²) in [6.07, 6.45) is 2.87. The van der Waals surface area contributed by atoms with E-state index >= 15 is 0 Å². The van der Waals surface area contributed by atoms with Gasteiger partial charge in [-0.1, -0.05) is 60.1 Å². The number of fused-ring (bicyclic) bond motifs is 1. The molecule has 4 aromatic rings. The Morgan fingerprint density at radius 2 is 1.82 bits per heavy atom. The molecule has 1 saturated heterocycles. The maximum atomic E-state index is 13.0. The number of carbonyl (C=O) groups excluding carboxylic acids is 1. The molecule has 40 heavy (non-hydrogen) atoms. The first-order chi connectivity index (χ1) is 19.5. The van der Waals surface area contributed by atoms with E-state index in [1.807, 2.05) is 48.7 Å². The van der Waals surface area contributed by atoms with Gasteiger partial charge < -0.3 is 15.5 Å². The van der Waals surface area contributed by atoms with E-state index < -0.39 is 0 Å². The fourth-order valence-corrected chi connectivity index (χ4v) is 5.81. The number of pyridine rings is 1. The molecule has 1 amide bonds. The van der Waals surface area contributed by atoms with Crippen molar-refractivity contribution in [2.45, 2.75) is 32.5 Å². The third kappa shape index (κ3) is 5.98. The fraction of sp³-hybridized carbons (Fsp3) is 0.273. The van der Waals surface area contributed by atoms with Crippen molar-refractivity contribution < 1.29 is 4.79 Å². The van der Waals surface area contributed by atoms with Crippen LogP contribution in [-0.4, -0.2) is 48.0 Å². The lowest BCUT2D eigenvalue weighted by molar-refractivity contribution is 0.0937. The molecule has 1 atom stereocenters. The third-order valence-electron chi connectivity index (χ3n) is 7.89. The molecule has 0 aliphatic carbocycles. The maximum Gasteiger partial charge on any atom is 0.251 e. The minimum absolute atomic E-state index is 0.0195. The summed E-state index contributed by atoms with van der Waals surface area (Å²) in [6, 6.07) is 26.7. The molecular weight excluding hydrogens is 518 g/mol. The molecule has 0 radical (unpaired) electrons. The molecule has 0 bridgehead atoms. The standard InChI is InChI=1S/C33H34ClN5O/c1-23-7-12-29(34)17-28(23)21-39-16-14-35-32-31(39)18-27(19-36-32)25-8-10-26(11-9-25)33(40)37-30-13-15-38(22-30)20-24-5-3-2-4-6-24/h2-12,17-19,30H,13-16,20-22H2,1H3,(H,35,36)(H,37,40). The van der Waals surface area contributed by atoms with Crippen LogP contribution in [0.3, 0.4) is 0 Å². The lowest BCUT2D eigenvalue weighted by Gasteiger charge is -2.32. The van der Waals surface area contributed by atoms with Gasteiger partial charge in [0.2, 0.25) is 0 Å². The molecule has 1 aromatic heterocycles. The molecule has 2 N–H and O–H groups in total. The number of halogens is 1. The van der Waals surface area contributed by atoms with E-state index in [1.54, 1.807) is 0 Å². The molecule has 0 saturated carbocycles. The molecule has 2 aliphatic rings. The number of anilines is 2. The van der Waals surface area contributed by atoms with Gasteiger partial charge in [-0.2, -0.15) is 0 Å². The average molecular weight is 552 g/mol. The van der Waals surface area contributed by atoms with Gasteiger partial charge in [0.25, 0.3) is 5.91 Å². The van der Waals surface area contributed by atoms with E-state index in [-0.39, 0.29) is 11.9 Å². The summed E-state index contributed by atoms with van der Waals surface area (Å²) >= 11 is 6.28. The van der Waals surface area contributed by atoms with E-state index in [4.69, 9.17) is 16.6 Å². The van der Waals surface area contributed by atoms with Gasteiger partial charge in [-0.3, -0.25) is 9.69 Å². The van der Waals surface area contributed by atoms with Crippen LogP contribution in [0.2, 0.25) is 5.02 Å². The minimum atomic E-state index is -0.0195. The Balaban J connectivity index is 1.11. The number of carbonyl (C=O) groups is 1. The van der Waals surface area contributed by atoms with Crippen LogP contribution in [0.1, 0.15) is 33.5 Å². The quantitative estimate of drug-likeness (QED) is 0.289. The van der Waals surface area contributed by atoms with Gasteiger partial charge in [-0.25, -0.2) is 4.98 Å². The molecule has 7 heteroatoms. The number of hydrogen-bond donors (Lipinski definition) is 2. The van der Waals surface area contributed by atoms with Crippen molar-refractivity contribution in [3.05, 3.63) is 112 Å². The molecule has 6 nitrogen and oxygen atoms in total. The predicted octanol–water partition coefficient (Wildman–Crippen LogP) is 6.15. The number of nitrogens with one attached hydrogen (secondary N) is 2. The number of benzene rings is 3. The van der Waals surface area contributed by atoms with Gasteiger partial charge in [-0.05, 0) is 65.9 Å². The topological polar surface area (TPSA) is 60.5 Å². The van der Waals surface area contributed by atoms with E-state index in [1.165, 1.54) is 16.7 Å². The SMILES string of the molecule is Cc1ccc(Cl)cc1CN1CCNc2ncc(-c3ccc(C(=O)NC4CCN(Cc5ccccc5)C4)cc3)cc21.